The molecule has 4 nitrogen and oxygen atoms in total. The van der Waals surface area contributed by atoms with Crippen LogP contribution >= 0.6 is 0 Å². The molecule has 0 fully saturated rings. The number of esters is 1. The van der Waals surface area contributed by atoms with Gasteiger partial charge in [-0.1, -0.05) is 36.4 Å². The van der Waals surface area contributed by atoms with Crippen LogP contribution in [0.1, 0.15) is 36.5 Å². The van der Waals surface area contributed by atoms with E-state index < -0.39 is 0 Å². The SMILES string of the molecule is CCOC(=O)COc1ccc2c(c1)C[C@H](NCc1ccccc1)CCC2. The summed E-state index contributed by atoms with van der Waals surface area (Å²) in [7, 11) is 0. The molecule has 2 aromatic rings. The Morgan fingerprint density at radius 1 is 1.15 bits per heavy atom. The highest BCUT2D eigenvalue weighted by molar-refractivity contribution is 5.71. The van der Waals surface area contributed by atoms with E-state index in [2.05, 4.69) is 41.7 Å². The minimum Gasteiger partial charge on any atom is -0.482 e. The second-order valence-electron chi connectivity index (χ2n) is 6.68. The average molecular weight is 353 g/mol. The fourth-order valence-electron chi connectivity index (χ4n) is 3.41. The smallest absolute Gasteiger partial charge is 0.344 e. The highest BCUT2D eigenvalue weighted by atomic mass is 16.6. The van der Waals surface area contributed by atoms with Crippen molar-refractivity contribution in [3.63, 3.8) is 0 Å². The first-order chi connectivity index (χ1) is 12.7. The first-order valence-corrected chi connectivity index (χ1v) is 9.42. The zero-order valence-electron chi connectivity index (χ0n) is 15.4. The van der Waals surface area contributed by atoms with Gasteiger partial charge in [-0.15, -0.1) is 0 Å². The van der Waals surface area contributed by atoms with Gasteiger partial charge in [-0.3, -0.25) is 0 Å². The molecule has 1 aliphatic rings. The van der Waals surface area contributed by atoms with Crippen LogP contribution < -0.4 is 10.1 Å². The van der Waals surface area contributed by atoms with Gasteiger partial charge in [0.15, 0.2) is 6.61 Å². The Hall–Kier alpha value is -2.33. The maximum Gasteiger partial charge on any atom is 0.344 e. The third kappa shape index (κ3) is 5.33. The fourth-order valence-corrected chi connectivity index (χ4v) is 3.41. The number of hydrogen-bond donors (Lipinski definition) is 1. The maximum atomic E-state index is 11.5. The second kappa shape index (κ2) is 9.39. The van der Waals surface area contributed by atoms with Gasteiger partial charge in [0.2, 0.25) is 0 Å². The summed E-state index contributed by atoms with van der Waals surface area (Å²) in [5.41, 5.74) is 4.01. The first kappa shape index (κ1) is 18.5. The lowest BCUT2D eigenvalue weighted by Gasteiger charge is -2.17. The molecule has 0 radical (unpaired) electrons. The van der Waals surface area contributed by atoms with E-state index in [1.807, 2.05) is 12.1 Å². The van der Waals surface area contributed by atoms with Crippen molar-refractivity contribution in [2.24, 2.45) is 0 Å². The van der Waals surface area contributed by atoms with Gasteiger partial charge >= 0.3 is 5.97 Å². The summed E-state index contributed by atoms with van der Waals surface area (Å²) < 4.78 is 10.5. The number of carbonyl (C=O) groups is 1. The molecule has 0 aromatic heterocycles. The van der Waals surface area contributed by atoms with Crippen molar-refractivity contribution >= 4 is 5.97 Å². The van der Waals surface area contributed by atoms with Crippen LogP contribution in [0.2, 0.25) is 0 Å². The lowest BCUT2D eigenvalue weighted by molar-refractivity contribution is -0.145. The molecule has 0 spiro atoms. The van der Waals surface area contributed by atoms with Gasteiger partial charge < -0.3 is 14.8 Å². The average Bonchev–Trinajstić information content (AvgIpc) is 2.87. The third-order valence-electron chi connectivity index (χ3n) is 4.74. The van der Waals surface area contributed by atoms with Crippen molar-refractivity contribution in [2.45, 2.75) is 45.2 Å². The zero-order valence-corrected chi connectivity index (χ0v) is 15.4. The van der Waals surface area contributed by atoms with Crippen LogP contribution in [-0.4, -0.2) is 25.2 Å². The van der Waals surface area contributed by atoms with E-state index >= 15 is 0 Å². The van der Waals surface area contributed by atoms with Gasteiger partial charge in [-0.2, -0.15) is 0 Å². The van der Waals surface area contributed by atoms with E-state index in [9.17, 15) is 4.79 Å². The molecule has 0 saturated heterocycles. The zero-order chi connectivity index (χ0) is 18.2. The van der Waals surface area contributed by atoms with Crippen LogP contribution in [0.5, 0.6) is 5.75 Å². The molecule has 138 valence electrons. The van der Waals surface area contributed by atoms with Crippen molar-refractivity contribution < 1.29 is 14.3 Å². The van der Waals surface area contributed by atoms with Crippen molar-refractivity contribution in [3.8, 4) is 5.75 Å². The van der Waals surface area contributed by atoms with Crippen molar-refractivity contribution in [1.82, 2.24) is 5.32 Å². The van der Waals surface area contributed by atoms with Gasteiger partial charge in [0.25, 0.3) is 0 Å². The molecular weight excluding hydrogens is 326 g/mol. The lowest BCUT2D eigenvalue weighted by atomic mass is 10.0. The van der Waals surface area contributed by atoms with E-state index in [-0.39, 0.29) is 12.6 Å². The predicted molar refractivity (Wildman–Crippen MR) is 102 cm³/mol. The van der Waals surface area contributed by atoms with E-state index in [4.69, 9.17) is 9.47 Å². The van der Waals surface area contributed by atoms with Crippen LogP contribution in [0.25, 0.3) is 0 Å². The molecule has 2 aromatic carbocycles. The van der Waals surface area contributed by atoms with Gasteiger partial charge in [-0.25, -0.2) is 4.79 Å². The summed E-state index contributed by atoms with van der Waals surface area (Å²) in [6.07, 6.45) is 4.43. The number of rotatable bonds is 7. The molecule has 0 heterocycles. The van der Waals surface area contributed by atoms with Crippen LogP contribution in [0.4, 0.5) is 0 Å². The first-order valence-electron chi connectivity index (χ1n) is 9.42. The molecule has 0 saturated carbocycles. The highest BCUT2D eigenvalue weighted by Gasteiger charge is 2.17. The van der Waals surface area contributed by atoms with Gasteiger partial charge in [0, 0.05) is 12.6 Å². The van der Waals surface area contributed by atoms with Crippen molar-refractivity contribution in [1.29, 1.82) is 0 Å². The molecule has 1 aliphatic carbocycles. The molecule has 0 amide bonds. The van der Waals surface area contributed by atoms with E-state index in [1.54, 1.807) is 6.92 Å². The Labute approximate surface area is 155 Å². The van der Waals surface area contributed by atoms with E-state index in [0.717, 1.165) is 25.1 Å². The molecular formula is C22H27NO3. The molecule has 1 N–H and O–H groups in total. The van der Waals surface area contributed by atoms with Crippen LogP contribution in [-0.2, 0) is 28.9 Å². The largest absolute Gasteiger partial charge is 0.482 e. The Bertz CT molecular complexity index is 715. The van der Waals surface area contributed by atoms with Crippen LogP contribution in [0, 0.1) is 0 Å². The third-order valence-corrected chi connectivity index (χ3v) is 4.74. The summed E-state index contributed by atoms with van der Waals surface area (Å²) in [5, 5.41) is 3.69. The summed E-state index contributed by atoms with van der Waals surface area (Å²) in [4.78, 5) is 11.5. The summed E-state index contributed by atoms with van der Waals surface area (Å²) in [6, 6.07) is 17.1. The molecule has 26 heavy (non-hydrogen) atoms. The van der Waals surface area contributed by atoms with Crippen molar-refractivity contribution in [2.75, 3.05) is 13.2 Å². The number of fused-ring (bicyclic) bond motifs is 1. The standard InChI is InChI=1S/C22H27NO3/c1-2-25-22(24)16-26-21-12-11-18-9-6-10-20(13-19(18)14-21)23-15-17-7-4-3-5-8-17/h3-5,7-8,11-12,14,20,23H,2,6,9-10,13,15-16H2,1H3/t20-/m1/s1. The molecule has 4 heteroatoms. The number of hydrogen-bond acceptors (Lipinski definition) is 4. The number of benzene rings is 2. The maximum absolute atomic E-state index is 11.5. The molecule has 0 unspecified atom stereocenters. The summed E-state index contributed by atoms with van der Waals surface area (Å²) >= 11 is 0. The molecule has 1 atom stereocenters. The number of aryl methyl sites for hydroxylation is 1. The molecule has 0 bridgehead atoms. The molecule has 3 rings (SSSR count). The minimum absolute atomic E-state index is 0.0394. The van der Waals surface area contributed by atoms with E-state index in [0.29, 0.717) is 12.6 Å². The fraction of sp³-hybridized carbons (Fsp3) is 0.409. The Morgan fingerprint density at radius 2 is 2.00 bits per heavy atom. The van der Waals surface area contributed by atoms with Gasteiger partial charge in [-0.05, 0) is 61.4 Å². The predicted octanol–water partition coefficient (Wildman–Crippen LogP) is 3.67. The lowest BCUT2D eigenvalue weighted by Crippen LogP contribution is -2.30. The quantitative estimate of drug-likeness (QED) is 0.609. The van der Waals surface area contributed by atoms with Gasteiger partial charge in [0.05, 0.1) is 6.61 Å². The Balaban J connectivity index is 1.60. The minimum atomic E-state index is -0.329. The summed E-state index contributed by atoms with van der Waals surface area (Å²) in [6.45, 7) is 3.02. The highest BCUT2D eigenvalue weighted by Crippen LogP contribution is 2.25. The Kier molecular flexibility index (Phi) is 6.67. The van der Waals surface area contributed by atoms with Crippen molar-refractivity contribution in [3.05, 3.63) is 65.2 Å². The monoisotopic (exact) mass is 353 g/mol. The molecule has 0 aliphatic heterocycles. The number of ether oxygens (including phenoxy) is 2. The van der Waals surface area contributed by atoms with Gasteiger partial charge in [0.1, 0.15) is 5.75 Å². The van der Waals surface area contributed by atoms with Crippen LogP contribution in [0.15, 0.2) is 48.5 Å². The Morgan fingerprint density at radius 3 is 2.81 bits per heavy atom. The second-order valence-corrected chi connectivity index (χ2v) is 6.68. The van der Waals surface area contributed by atoms with Crippen LogP contribution in [0.3, 0.4) is 0 Å². The topological polar surface area (TPSA) is 47.6 Å². The summed E-state index contributed by atoms with van der Waals surface area (Å²) in [5.74, 6) is 0.408. The van der Waals surface area contributed by atoms with E-state index in [1.165, 1.54) is 29.5 Å². The number of carbonyl (C=O) groups excluding carboxylic acids is 1. The number of nitrogens with one attached hydrogen (secondary N) is 1. The normalized spacial score (nSPS) is 16.4.